The van der Waals surface area contributed by atoms with Crippen molar-refractivity contribution in [1.29, 1.82) is 0 Å². The minimum atomic E-state index is -2.45. The molecule has 12 nitrogen and oxygen atoms in total. The molecule has 0 bridgehead atoms. The normalized spacial score (nSPS) is 16.8. The number of hydrogen-bond acceptors (Lipinski definition) is 12. The Hall–Kier alpha value is -0.480. The summed E-state index contributed by atoms with van der Waals surface area (Å²) < 4.78 is 0. The molecule has 0 rings (SSSR count). The third-order valence-corrected chi connectivity index (χ3v) is 2.53. The van der Waals surface area contributed by atoms with Gasteiger partial charge in [-0.1, -0.05) is 0 Å². The van der Waals surface area contributed by atoms with Gasteiger partial charge < -0.3 is 61.3 Å². The van der Waals surface area contributed by atoms with Gasteiger partial charge in [-0.2, -0.15) is 0 Å². The van der Waals surface area contributed by atoms with Gasteiger partial charge in [0.05, 0.1) is 26.4 Å². The van der Waals surface area contributed by atoms with Crippen LogP contribution in [-0.4, -0.2) is 124 Å². The van der Waals surface area contributed by atoms with Gasteiger partial charge >= 0.3 is 0 Å². The summed E-state index contributed by atoms with van der Waals surface area (Å²) in [6.07, 6.45) is -4.89. The summed E-state index contributed by atoms with van der Waals surface area (Å²) in [5.41, 5.74) is 0. The van der Waals surface area contributed by atoms with Crippen LogP contribution >= 0.6 is 0 Å². The van der Waals surface area contributed by atoms with Crippen LogP contribution < -0.4 is 0 Å². The lowest BCUT2D eigenvalue weighted by atomic mass is 10.1. The molecule has 0 fully saturated rings. The van der Waals surface area contributed by atoms with Gasteiger partial charge in [-0.15, -0.1) is 0 Å². The maximum Gasteiger partial charge on any atom is 0.215 e. The average molecular weight is 366 g/mol. The zero-order chi connectivity index (χ0) is 20.1. The van der Waals surface area contributed by atoms with E-state index in [-0.39, 0.29) is 0 Å². The molecule has 150 valence electrons. The van der Waals surface area contributed by atoms with Crippen LogP contribution in [0.2, 0.25) is 0 Å². The van der Waals surface area contributed by atoms with Gasteiger partial charge in [-0.3, -0.25) is 0 Å². The summed E-state index contributed by atoms with van der Waals surface area (Å²) in [5.74, 6) is -4.90. The molecule has 0 radical (unpaired) electrons. The smallest absolute Gasteiger partial charge is 0.215 e. The summed E-state index contributed by atoms with van der Waals surface area (Å²) >= 11 is 0. The Balaban J connectivity index is -0.000000276. The topological polar surface area (TPSA) is 243 Å². The summed E-state index contributed by atoms with van der Waals surface area (Å²) in [7, 11) is 0. The highest BCUT2D eigenvalue weighted by molar-refractivity contribution is 4.71. The molecule has 0 saturated carbocycles. The van der Waals surface area contributed by atoms with Crippen LogP contribution in [0, 0.1) is 0 Å². The fourth-order valence-electron chi connectivity index (χ4n) is 0.487. The van der Waals surface area contributed by atoms with Crippen molar-refractivity contribution in [3.63, 3.8) is 0 Å². The van der Waals surface area contributed by atoms with Gasteiger partial charge in [0.15, 0.2) is 0 Å². The third kappa shape index (κ3) is 15.1. The van der Waals surface area contributed by atoms with Crippen molar-refractivity contribution >= 4 is 0 Å². The minimum Gasteiger partial charge on any atom is -0.394 e. The van der Waals surface area contributed by atoms with E-state index in [0.717, 1.165) is 13.8 Å². The maximum atomic E-state index is 8.47. The summed E-state index contributed by atoms with van der Waals surface area (Å²) in [6.45, 7) is -0.340. The van der Waals surface area contributed by atoms with Crippen molar-refractivity contribution in [1.82, 2.24) is 0 Å². The third-order valence-electron chi connectivity index (χ3n) is 2.53. The molecule has 0 amide bonds. The number of aliphatic hydroxyl groups is 12. The quantitative estimate of drug-likeness (QED) is 0.188. The zero-order valence-electron chi connectivity index (χ0n) is 13.5. The molecule has 0 unspecified atom stereocenters. The second-order valence-electron chi connectivity index (χ2n) is 5.04. The summed E-state index contributed by atoms with van der Waals surface area (Å²) in [4.78, 5) is 0. The van der Waals surface area contributed by atoms with Crippen LogP contribution in [0.5, 0.6) is 0 Å². The Labute approximate surface area is 138 Å². The first-order valence-corrected chi connectivity index (χ1v) is 6.74. The highest BCUT2D eigenvalue weighted by Gasteiger charge is 2.37. The molecule has 12 N–H and O–H groups in total. The molecule has 0 aromatic carbocycles. The highest BCUT2D eigenvalue weighted by Crippen LogP contribution is 2.13. The highest BCUT2D eigenvalue weighted by atomic mass is 16.6. The predicted molar refractivity (Wildman–Crippen MR) is 78.1 cm³/mol. The first-order valence-electron chi connectivity index (χ1n) is 6.74. The van der Waals surface area contributed by atoms with Crippen LogP contribution in [0.3, 0.4) is 0 Å². The molecule has 0 aliphatic carbocycles. The maximum absolute atomic E-state index is 8.47. The van der Waals surface area contributed by atoms with Gasteiger partial charge in [0.1, 0.15) is 24.4 Å². The molecular weight excluding hydrogens is 336 g/mol. The molecule has 0 aliphatic heterocycles. The molecule has 0 aromatic heterocycles. The van der Waals surface area contributed by atoms with Gasteiger partial charge in [-0.25, -0.2) is 0 Å². The lowest BCUT2D eigenvalue weighted by molar-refractivity contribution is -0.339. The van der Waals surface area contributed by atoms with Crippen molar-refractivity contribution in [2.24, 2.45) is 0 Å². The standard InChI is InChI=1S/3C4H10O4/c1-3(5,6)4(2,7)8;2*5-1-3(7)4(8)2-6/h5-8H,1-2H3;2*3-8H,1-2H2/t;2*3-,4-/m.10/s1. The first kappa shape index (κ1) is 28.3. The molecular formula is C12H30O12. The minimum absolute atomic E-state index is 0.526. The molecule has 0 aliphatic rings. The lowest BCUT2D eigenvalue weighted by Crippen LogP contribution is -2.49. The van der Waals surface area contributed by atoms with E-state index in [2.05, 4.69) is 0 Å². The lowest BCUT2D eigenvalue weighted by Gasteiger charge is -2.27. The fraction of sp³-hybridized carbons (Fsp3) is 1.00. The van der Waals surface area contributed by atoms with E-state index < -0.39 is 62.4 Å². The Kier molecular flexibility index (Phi) is 16.3. The van der Waals surface area contributed by atoms with E-state index in [9.17, 15) is 0 Å². The van der Waals surface area contributed by atoms with E-state index in [1.165, 1.54) is 0 Å². The van der Waals surface area contributed by atoms with E-state index in [4.69, 9.17) is 61.3 Å². The Morgan fingerprint density at radius 3 is 0.667 bits per heavy atom. The van der Waals surface area contributed by atoms with Gasteiger partial charge in [0.2, 0.25) is 11.6 Å². The van der Waals surface area contributed by atoms with Crippen molar-refractivity contribution in [3.05, 3.63) is 0 Å². The average Bonchev–Trinajstić information content (AvgIpc) is 2.50. The van der Waals surface area contributed by atoms with Crippen molar-refractivity contribution in [2.75, 3.05) is 26.4 Å². The van der Waals surface area contributed by atoms with E-state index in [0.29, 0.717) is 0 Å². The Morgan fingerprint density at radius 1 is 0.500 bits per heavy atom. The second kappa shape index (κ2) is 13.8. The zero-order valence-corrected chi connectivity index (χ0v) is 13.5. The van der Waals surface area contributed by atoms with Crippen molar-refractivity contribution in [3.8, 4) is 0 Å². The fourth-order valence-corrected chi connectivity index (χ4v) is 0.487. The summed E-state index contributed by atoms with van der Waals surface area (Å²) in [5, 5.41) is 100.0. The van der Waals surface area contributed by atoms with Crippen LogP contribution in [0.1, 0.15) is 13.8 Å². The van der Waals surface area contributed by atoms with Gasteiger partial charge in [0, 0.05) is 0 Å². The van der Waals surface area contributed by atoms with Crippen LogP contribution in [-0.2, 0) is 0 Å². The molecule has 24 heavy (non-hydrogen) atoms. The van der Waals surface area contributed by atoms with Gasteiger partial charge in [0.25, 0.3) is 0 Å². The van der Waals surface area contributed by atoms with Gasteiger partial charge in [-0.05, 0) is 13.8 Å². The Bertz CT molecular complexity index is 230. The van der Waals surface area contributed by atoms with Crippen molar-refractivity contribution < 1.29 is 61.3 Å². The van der Waals surface area contributed by atoms with Crippen LogP contribution in [0.25, 0.3) is 0 Å². The molecule has 0 saturated heterocycles. The monoisotopic (exact) mass is 366 g/mol. The van der Waals surface area contributed by atoms with E-state index >= 15 is 0 Å². The summed E-state index contributed by atoms with van der Waals surface area (Å²) in [6, 6.07) is 0. The number of hydrogen-bond donors (Lipinski definition) is 12. The molecule has 4 atom stereocenters. The van der Waals surface area contributed by atoms with Crippen LogP contribution in [0.4, 0.5) is 0 Å². The Morgan fingerprint density at radius 2 is 0.625 bits per heavy atom. The molecule has 12 heteroatoms. The van der Waals surface area contributed by atoms with Crippen LogP contribution in [0.15, 0.2) is 0 Å². The second-order valence-corrected chi connectivity index (χ2v) is 5.04. The number of aliphatic hydroxyl groups excluding tert-OH is 8. The number of rotatable bonds is 7. The molecule has 0 aromatic rings. The SMILES string of the molecule is CC(O)(O)C(C)(O)O.OC[C@@H](O)[C@H](O)CO.OC[C@H](O)[C@@H](O)CO. The van der Waals surface area contributed by atoms with Crippen molar-refractivity contribution in [2.45, 2.75) is 49.8 Å². The predicted octanol–water partition coefficient (Wildman–Crippen LogP) is -6.23. The first-order chi connectivity index (χ1) is 10.7. The molecule has 0 heterocycles. The van der Waals surface area contributed by atoms with E-state index in [1.54, 1.807) is 0 Å². The van der Waals surface area contributed by atoms with E-state index in [1.807, 2.05) is 0 Å². The largest absolute Gasteiger partial charge is 0.394 e. The molecule has 0 spiro atoms.